The van der Waals surface area contributed by atoms with E-state index in [1.807, 2.05) is 13.0 Å². The molecular weight excluding hydrogens is 257 g/mol. The van der Waals surface area contributed by atoms with Crippen molar-refractivity contribution in [3.8, 4) is 11.5 Å². The first kappa shape index (κ1) is 13.2. The van der Waals surface area contributed by atoms with Gasteiger partial charge in [-0.3, -0.25) is 0 Å². The number of aromatic nitrogens is 2. The van der Waals surface area contributed by atoms with Crippen molar-refractivity contribution in [2.75, 3.05) is 6.54 Å². The summed E-state index contributed by atoms with van der Waals surface area (Å²) in [6.45, 7) is 2.82. The summed E-state index contributed by atoms with van der Waals surface area (Å²) in [6, 6.07) is 4.89. The topological polar surface area (TPSA) is 51.0 Å². The lowest BCUT2D eigenvalue weighted by molar-refractivity contribution is 0.402. The first-order valence-electron chi connectivity index (χ1n) is 7.07. The van der Waals surface area contributed by atoms with E-state index in [1.54, 1.807) is 0 Å². The van der Waals surface area contributed by atoms with Crippen molar-refractivity contribution in [3.63, 3.8) is 0 Å². The first-order valence-corrected chi connectivity index (χ1v) is 7.07. The Labute approximate surface area is 117 Å². The van der Waals surface area contributed by atoms with Crippen LogP contribution in [0.1, 0.15) is 43.1 Å². The highest BCUT2D eigenvalue weighted by Crippen LogP contribution is 2.24. The molecule has 1 aliphatic rings. The molecule has 0 radical (unpaired) electrons. The lowest BCUT2D eigenvalue weighted by Crippen LogP contribution is -2.21. The summed E-state index contributed by atoms with van der Waals surface area (Å²) >= 11 is 0. The number of nitrogens with zero attached hydrogens (tertiary/aromatic N) is 2. The average Bonchev–Trinajstić information content (AvgIpc) is 2.74. The molecule has 20 heavy (non-hydrogen) atoms. The number of hydrogen-bond acceptors (Lipinski definition) is 4. The maximum absolute atomic E-state index is 13.4. The second-order valence-electron chi connectivity index (χ2n) is 5.33. The van der Waals surface area contributed by atoms with Crippen LogP contribution in [0.3, 0.4) is 0 Å². The van der Waals surface area contributed by atoms with Gasteiger partial charge in [-0.25, -0.2) is 4.39 Å². The van der Waals surface area contributed by atoms with E-state index in [0.717, 1.165) is 18.5 Å². The highest BCUT2D eigenvalue weighted by Gasteiger charge is 2.20. The van der Waals surface area contributed by atoms with Crippen molar-refractivity contribution >= 4 is 0 Å². The molecule has 0 saturated carbocycles. The van der Waals surface area contributed by atoms with Gasteiger partial charge in [0.2, 0.25) is 0 Å². The molecule has 1 saturated heterocycles. The van der Waals surface area contributed by atoms with Crippen LogP contribution in [0.4, 0.5) is 4.39 Å². The van der Waals surface area contributed by atoms with Crippen molar-refractivity contribution in [3.05, 3.63) is 35.4 Å². The van der Waals surface area contributed by atoms with Crippen LogP contribution in [0.2, 0.25) is 0 Å². The van der Waals surface area contributed by atoms with E-state index in [4.69, 9.17) is 4.52 Å². The zero-order valence-electron chi connectivity index (χ0n) is 11.5. The summed E-state index contributed by atoms with van der Waals surface area (Å²) in [4.78, 5) is 4.42. The molecule has 0 bridgehead atoms. The zero-order valence-corrected chi connectivity index (χ0v) is 11.5. The predicted octanol–water partition coefficient (Wildman–Crippen LogP) is 3.39. The SMILES string of the molecule is Cc1cc(F)cc(-c2nc(C3CCCCCN3)no2)c1. The highest BCUT2D eigenvalue weighted by atomic mass is 19.1. The summed E-state index contributed by atoms with van der Waals surface area (Å²) in [6.07, 6.45) is 4.60. The third-order valence-corrected chi connectivity index (χ3v) is 3.60. The maximum Gasteiger partial charge on any atom is 0.258 e. The van der Waals surface area contributed by atoms with Crippen molar-refractivity contribution in [2.45, 2.75) is 38.6 Å². The molecule has 0 aliphatic carbocycles. The van der Waals surface area contributed by atoms with Gasteiger partial charge in [-0.2, -0.15) is 4.98 Å². The van der Waals surface area contributed by atoms with Gasteiger partial charge in [0.15, 0.2) is 5.82 Å². The van der Waals surface area contributed by atoms with Gasteiger partial charge in [0.25, 0.3) is 5.89 Å². The van der Waals surface area contributed by atoms with Gasteiger partial charge in [-0.1, -0.05) is 18.0 Å². The monoisotopic (exact) mass is 275 g/mol. The third-order valence-electron chi connectivity index (χ3n) is 3.60. The molecule has 106 valence electrons. The van der Waals surface area contributed by atoms with Crippen LogP contribution < -0.4 is 5.32 Å². The van der Waals surface area contributed by atoms with E-state index in [2.05, 4.69) is 15.5 Å². The van der Waals surface area contributed by atoms with Crippen LogP contribution in [0.5, 0.6) is 0 Å². The lowest BCUT2D eigenvalue weighted by Gasteiger charge is -2.09. The molecule has 0 spiro atoms. The van der Waals surface area contributed by atoms with E-state index in [1.165, 1.54) is 31.4 Å². The number of rotatable bonds is 2. The Balaban J connectivity index is 1.85. The molecule has 1 fully saturated rings. The van der Waals surface area contributed by atoms with E-state index in [0.29, 0.717) is 17.3 Å². The number of halogens is 1. The van der Waals surface area contributed by atoms with Gasteiger partial charge in [-0.05, 0) is 50.1 Å². The van der Waals surface area contributed by atoms with Gasteiger partial charge < -0.3 is 9.84 Å². The Hall–Kier alpha value is -1.75. The minimum atomic E-state index is -0.285. The quantitative estimate of drug-likeness (QED) is 0.912. The molecule has 1 aliphatic heterocycles. The molecule has 1 aromatic heterocycles. The minimum absolute atomic E-state index is 0.143. The number of nitrogens with one attached hydrogen (secondary N) is 1. The van der Waals surface area contributed by atoms with Crippen LogP contribution in [0.25, 0.3) is 11.5 Å². The fourth-order valence-electron chi connectivity index (χ4n) is 2.60. The molecule has 0 amide bonds. The van der Waals surface area contributed by atoms with Gasteiger partial charge in [-0.15, -0.1) is 0 Å². The van der Waals surface area contributed by atoms with Gasteiger partial charge in [0.05, 0.1) is 6.04 Å². The summed E-state index contributed by atoms with van der Waals surface area (Å²) in [5, 5.41) is 7.47. The summed E-state index contributed by atoms with van der Waals surface area (Å²) < 4.78 is 18.7. The number of benzene rings is 1. The largest absolute Gasteiger partial charge is 0.334 e. The van der Waals surface area contributed by atoms with Crippen LogP contribution in [0, 0.1) is 12.7 Å². The first-order chi connectivity index (χ1) is 9.72. The predicted molar refractivity (Wildman–Crippen MR) is 73.6 cm³/mol. The summed E-state index contributed by atoms with van der Waals surface area (Å²) in [5.41, 5.74) is 1.47. The average molecular weight is 275 g/mol. The third kappa shape index (κ3) is 2.88. The normalized spacial score (nSPS) is 19.8. The molecular formula is C15H18FN3O. The molecule has 1 N–H and O–H groups in total. The van der Waals surface area contributed by atoms with Gasteiger partial charge >= 0.3 is 0 Å². The smallest absolute Gasteiger partial charge is 0.258 e. The summed E-state index contributed by atoms with van der Waals surface area (Å²) in [5.74, 6) is 0.768. The van der Waals surface area contributed by atoms with E-state index >= 15 is 0 Å². The highest BCUT2D eigenvalue weighted by molar-refractivity contribution is 5.54. The zero-order chi connectivity index (χ0) is 13.9. The Morgan fingerprint density at radius 2 is 2.15 bits per heavy atom. The number of hydrogen-bond donors (Lipinski definition) is 1. The minimum Gasteiger partial charge on any atom is -0.334 e. The van der Waals surface area contributed by atoms with Gasteiger partial charge in [0.1, 0.15) is 5.82 Å². The lowest BCUT2D eigenvalue weighted by atomic mass is 10.1. The molecule has 1 atom stereocenters. The molecule has 4 nitrogen and oxygen atoms in total. The van der Waals surface area contributed by atoms with Crippen molar-refractivity contribution in [1.82, 2.24) is 15.5 Å². The van der Waals surface area contributed by atoms with Crippen LogP contribution in [-0.2, 0) is 0 Å². The molecule has 1 unspecified atom stereocenters. The fourth-order valence-corrected chi connectivity index (χ4v) is 2.60. The van der Waals surface area contributed by atoms with Crippen LogP contribution in [-0.4, -0.2) is 16.7 Å². The molecule has 5 heteroatoms. The Bertz CT molecular complexity index is 568. The van der Waals surface area contributed by atoms with E-state index in [9.17, 15) is 4.39 Å². The molecule has 2 heterocycles. The Morgan fingerprint density at radius 1 is 1.25 bits per heavy atom. The summed E-state index contributed by atoms with van der Waals surface area (Å²) in [7, 11) is 0. The maximum atomic E-state index is 13.4. The van der Waals surface area contributed by atoms with Crippen molar-refractivity contribution in [1.29, 1.82) is 0 Å². The Morgan fingerprint density at radius 3 is 3.00 bits per heavy atom. The second-order valence-corrected chi connectivity index (χ2v) is 5.33. The fraction of sp³-hybridized carbons (Fsp3) is 0.467. The van der Waals surface area contributed by atoms with Crippen LogP contribution in [0.15, 0.2) is 22.7 Å². The molecule has 3 rings (SSSR count). The van der Waals surface area contributed by atoms with E-state index < -0.39 is 0 Å². The van der Waals surface area contributed by atoms with Crippen LogP contribution >= 0.6 is 0 Å². The standard InChI is InChI=1S/C15H18FN3O/c1-10-7-11(9-12(16)8-10)15-18-14(19-20-15)13-5-3-2-4-6-17-13/h7-9,13,17H,2-6H2,1H3. The molecule has 1 aromatic carbocycles. The second kappa shape index (κ2) is 5.71. The van der Waals surface area contributed by atoms with Crippen molar-refractivity contribution < 1.29 is 8.91 Å². The van der Waals surface area contributed by atoms with E-state index in [-0.39, 0.29) is 11.9 Å². The number of aryl methyl sites for hydroxylation is 1. The Kier molecular flexibility index (Phi) is 3.78. The van der Waals surface area contributed by atoms with Crippen molar-refractivity contribution in [2.24, 2.45) is 0 Å². The molecule has 2 aromatic rings. The van der Waals surface area contributed by atoms with Gasteiger partial charge in [0, 0.05) is 5.56 Å².